The van der Waals surface area contributed by atoms with Gasteiger partial charge in [-0.25, -0.2) is 4.98 Å². The fraction of sp³-hybridized carbons (Fsp3) is 0.0435. The lowest BCUT2D eigenvalue weighted by Gasteiger charge is -1.98. The van der Waals surface area contributed by atoms with Crippen molar-refractivity contribution in [2.75, 3.05) is 0 Å². The zero-order valence-corrected chi connectivity index (χ0v) is 17.4. The van der Waals surface area contributed by atoms with E-state index in [9.17, 15) is 5.26 Å². The molecule has 0 spiro atoms. The van der Waals surface area contributed by atoms with Crippen LogP contribution in [-0.4, -0.2) is 4.98 Å². The molecule has 0 saturated heterocycles. The largest absolute Gasteiger partial charge is 0.457 e. The average Bonchev–Trinajstić information content (AvgIpc) is 3.37. The Morgan fingerprint density at radius 2 is 1.75 bits per heavy atom. The highest BCUT2D eigenvalue weighted by molar-refractivity contribution is 9.10. The van der Waals surface area contributed by atoms with Crippen molar-refractivity contribution in [3.63, 3.8) is 0 Å². The van der Waals surface area contributed by atoms with E-state index < -0.39 is 0 Å². The molecule has 0 aliphatic carbocycles. The fourth-order valence-corrected chi connectivity index (χ4v) is 3.80. The number of nitriles is 1. The van der Waals surface area contributed by atoms with Gasteiger partial charge in [-0.1, -0.05) is 57.9 Å². The lowest BCUT2D eigenvalue weighted by atomic mass is 10.1. The fourth-order valence-electron chi connectivity index (χ4n) is 2.74. The third-order valence-electron chi connectivity index (χ3n) is 4.24. The van der Waals surface area contributed by atoms with Crippen LogP contribution in [0.5, 0.6) is 0 Å². The monoisotopic (exact) mass is 446 g/mol. The molecule has 3 nitrogen and oxygen atoms in total. The summed E-state index contributed by atoms with van der Waals surface area (Å²) in [7, 11) is 0. The van der Waals surface area contributed by atoms with E-state index >= 15 is 0 Å². The molecular formula is C23H15BrN2OS. The Kier molecular flexibility index (Phi) is 5.25. The first-order chi connectivity index (χ1) is 13.6. The summed E-state index contributed by atoms with van der Waals surface area (Å²) in [5, 5.41) is 12.3. The van der Waals surface area contributed by atoms with Crippen molar-refractivity contribution < 1.29 is 4.42 Å². The number of rotatable bonds is 4. The summed E-state index contributed by atoms with van der Waals surface area (Å²) in [4.78, 5) is 4.63. The van der Waals surface area contributed by atoms with Gasteiger partial charge in [-0.15, -0.1) is 11.3 Å². The van der Waals surface area contributed by atoms with Gasteiger partial charge in [0.15, 0.2) is 0 Å². The van der Waals surface area contributed by atoms with Gasteiger partial charge < -0.3 is 4.42 Å². The number of furan rings is 1. The molecule has 4 aromatic rings. The van der Waals surface area contributed by atoms with Gasteiger partial charge in [0.25, 0.3) is 0 Å². The number of allylic oxidation sites excluding steroid dienone is 1. The molecule has 2 heterocycles. The molecule has 2 aromatic heterocycles. The van der Waals surface area contributed by atoms with Crippen LogP contribution >= 0.6 is 27.3 Å². The Labute approximate surface area is 175 Å². The highest BCUT2D eigenvalue weighted by Gasteiger charge is 2.11. The van der Waals surface area contributed by atoms with Crippen molar-refractivity contribution in [2.45, 2.75) is 6.92 Å². The highest BCUT2D eigenvalue weighted by Crippen LogP contribution is 2.29. The van der Waals surface area contributed by atoms with E-state index in [1.807, 2.05) is 53.9 Å². The standard InChI is InChI=1S/C23H15BrN2OS/c1-15-2-4-16(5-3-15)21-14-28-23(26-21)18(13-25)12-20-10-11-22(27-20)17-6-8-19(24)9-7-17/h2-12,14H,1H3/b18-12+. The number of thiazole rings is 1. The van der Waals surface area contributed by atoms with Gasteiger partial charge in [0, 0.05) is 27.1 Å². The highest BCUT2D eigenvalue weighted by atomic mass is 79.9. The predicted molar refractivity (Wildman–Crippen MR) is 118 cm³/mol. The minimum absolute atomic E-state index is 0.486. The van der Waals surface area contributed by atoms with Crippen LogP contribution in [-0.2, 0) is 0 Å². The van der Waals surface area contributed by atoms with Gasteiger partial charge in [-0.05, 0) is 31.2 Å². The molecule has 0 saturated carbocycles. The number of nitrogens with zero attached hydrogens (tertiary/aromatic N) is 2. The second-order valence-electron chi connectivity index (χ2n) is 6.28. The molecule has 0 unspecified atom stereocenters. The van der Waals surface area contributed by atoms with Gasteiger partial charge in [0.2, 0.25) is 0 Å². The lowest BCUT2D eigenvalue weighted by molar-refractivity contribution is 0.572. The third-order valence-corrected chi connectivity index (χ3v) is 5.65. The lowest BCUT2D eigenvalue weighted by Crippen LogP contribution is -1.82. The van der Waals surface area contributed by atoms with Crippen LogP contribution in [0.3, 0.4) is 0 Å². The maximum atomic E-state index is 9.61. The van der Waals surface area contributed by atoms with Crippen molar-refractivity contribution in [3.05, 3.63) is 86.8 Å². The average molecular weight is 447 g/mol. The number of aromatic nitrogens is 1. The zero-order chi connectivity index (χ0) is 19.5. The Bertz CT molecular complexity index is 1180. The van der Waals surface area contributed by atoms with Crippen LogP contribution in [0, 0.1) is 18.3 Å². The second kappa shape index (κ2) is 7.97. The molecule has 136 valence electrons. The molecule has 0 amide bonds. The van der Waals surface area contributed by atoms with Crippen molar-refractivity contribution in [3.8, 4) is 28.7 Å². The molecule has 0 bridgehead atoms. The molecule has 5 heteroatoms. The smallest absolute Gasteiger partial charge is 0.134 e. The van der Waals surface area contributed by atoms with Gasteiger partial charge in [0.1, 0.15) is 22.6 Å². The van der Waals surface area contributed by atoms with Gasteiger partial charge in [-0.3, -0.25) is 0 Å². The first-order valence-corrected chi connectivity index (χ1v) is 10.3. The first kappa shape index (κ1) is 18.4. The number of aryl methyl sites for hydroxylation is 1. The van der Waals surface area contributed by atoms with E-state index in [1.165, 1.54) is 16.9 Å². The van der Waals surface area contributed by atoms with Crippen LogP contribution in [0.1, 0.15) is 16.3 Å². The molecule has 0 fully saturated rings. The summed E-state index contributed by atoms with van der Waals surface area (Å²) in [5.41, 5.74) is 4.59. The number of halogens is 1. The minimum atomic E-state index is 0.486. The van der Waals surface area contributed by atoms with Crippen molar-refractivity contribution in [1.29, 1.82) is 5.26 Å². The Balaban J connectivity index is 1.61. The van der Waals surface area contributed by atoms with E-state index in [2.05, 4.69) is 46.0 Å². The van der Waals surface area contributed by atoms with E-state index in [4.69, 9.17) is 4.42 Å². The van der Waals surface area contributed by atoms with Crippen LogP contribution in [0.25, 0.3) is 34.2 Å². The SMILES string of the molecule is Cc1ccc(-c2csc(/C(C#N)=C/c3ccc(-c4ccc(Br)cc4)o3)n2)cc1. The Morgan fingerprint density at radius 1 is 1.04 bits per heavy atom. The molecule has 2 aromatic carbocycles. The summed E-state index contributed by atoms with van der Waals surface area (Å²) < 4.78 is 6.92. The molecule has 4 rings (SSSR count). The molecule has 0 atom stereocenters. The number of benzene rings is 2. The van der Waals surface area contributed by atoms with Gasteiger partial charge >= 0.3 is 0 Å². The minimum Gasteiger partial charge on any atom is -0.457 e. The van der Waals surface area contributed by atoms with Crippen molar-refractivity contribution >= 4 is 38.9 Å². The Hall–Kier alpha value is -2.94. The van der Waals surface area contributed by atoms with Crippen LogP contribution < -0.4 is 0 Å². The predicted octanol–water partition coefficient (Wildman–Crippen LogP) is 7.21. The van der Waals surface area contributed by atoms with Crippen LogP contribution in [0.2, 0.25) is 0 Å². The molecule has 0 radical (unpaired) electrons. The summed E-state index contributed by atoms with van der Waals surface area (Å²) in [6.07, 6.45) is 1.74. The van der Waals surface area contributed by atoms with E-state index in [-0.39, 0.29) is 0 Å². The Morgan fingerprint density at radius 3 is 2.46 bits per heavy atom. The summed E-state index contributed by atoms with van der Waals surface area (Å²) in [6, 6.07) is 22.1. The molecule has 0 aliphatic heterocycles. The van der Waals surface area contributed by atoms with Crippen LogP contribution in [0.4, 0.5) is 0 Å². The number of hydrogen-bond acceptors (Lipinski definition) is 4. The molecular weight excluding hydrogens is 432 g/mol. The maximum absolute atomic E-state index is 9.61. The summed E-state index contributed by atoms with van der Waals surface area (Å²) >= 11 is 4.89. The summed E-state index contributed by atoms with van der Waals surface area (Å²) in [6.45, 7) is 2.05. The normalized spacial score (nSPS) is 11.4. The van der Waals surface area contributed by atoms with Gasteiger partial charge in [-0.2, -0.15) is 5.26 Å². The summed E-state index contributed by atoms with van der Waals surface area (Å²) in [5.74, 6) is 1.39. The van der Waals surface area contributed by atoms with Crippen molar-refractivity contribution in [1.82, 2.24) is 4.98 Å². The molecule has 0 aliphatic rings. The van der Waals surface area contributed by atoms with E-state index in [0.29, 0.717) is 16.3 Å². The van der Waals surface area contributed by atoms with Crippen LogP contribution in [0.15, 0.2) is 74.9 Å². The molecule has 28 heavy (non-hydrogen) atoms. The third kappa shape index (κ3) is 3.99. The second-order valence-corrected chi connectivity index (χ2v) is 8.06. The topological polar surface area (TPSA) is 49.8 Å². The van der Waals surface area contributed by atoms with Crippen molar-refractivity contribution in [2.24, 2.45) is 0 Å². The zero-order valence-electron chi connectivity index (χ0n) is 15.0. The van der Waals surface area contributed by atoms with Gasteiger partial charge in [0.05, 0.1) is 11.3 Å². The maximum Gasteiger partial charge on any atom is 0.134 e. The van der Waals surface area contributed by atoms with E-state index in [1.54, 1.807) is 6.08 Å². The number of hydrogen-bond donors (Lipinski definition) is 0. The first-order valence-electron chi connectivity index (χ1n) is 8.63. The van der Waals surface area contributed by atoms with E-state index in [0.717, 1.165) is 27.1 Å². The molecule has 0 N–H and O–H groups in total. The quantitative estimate of drug-likeness (QED) is 0.311.